The second-order valence-corrected chi connectivity index (χ2v) is 33.4. The standard InChI is InChI=1S/C15H29F6NO3Si2.C10H17F6NO2Si.C9H22OSi.C2H4/c1-8-9-26(6,11(2)3)25-27(7,24-5)10-22(4)13(23)12(14(16,17)18)15(19,20)21;1-6(2)20(4,19-3)5-17-8(18)7(9(11,12)13)10(14,15)16;1-6-7-8-11(5,10-4)9(2)3;1-2/h11-12H,8-10H2,1-7H3;6-7H,5H2,1-4H3,(H,17,18);9H,6-8H2,1-5H3;1-2H2. The molecule has 0 aliphatic heterocycles. The number of unbranched alkanes of at least 4 members (excludes halogenated alkanes) is 1. The van der Waals surface area contributed by atoms with E-state index >= 15 is 0 Å². The van der Waals surface area contributed by atoms with Crippen LogP contribution in [0.5, 0.6) is 0 Å². The highest BCUT2D eigenvalue weighted by atomic mass is 28.4. The Morgan fingerprint density at radius 1 is 0.600 bits per heavy atom. The summed E-state index contributed by atoms with van der Waals surface area (Å²) in [5, 5.41) is 1.73. The zero-order valence-electron chi connectivity index (χ0n) is 38.2. The fraction of sp³-hybridized carbons (Fsp3) is 0.889. The van der Waals surface area contributed by atoms with E-state index in [0.717, 1.165) is 25.1 Å². The second kappa shape index (κ2) is 27.0. The van der Waals surface area contributed by atoms with Crippen LogP contribution in [0.1, 0.15) is 74.7 Å². The van der Waals surface area contributed by atoms with Crippen molar-refractivity contribution in [2.75, 3.05) is 40.7 Å². The van der Waals surface area contributed by atoms with Crippen molar-refractivity contribution in [3.05, 3.63) is 13.2 Å². The summed E-state index contributed by atoms with van der Waals surface area (Å²) in [6, 6.07) is 2.08. The first-order valence-electron chi connectivity index (χ1n) is 19.4. The van der Waals surface area contributed by atoms with Crippen molar-refractivity contribution >= 4 is 45.3 Å². The van der Waals surface area contributed by atoms with Crippen LogP contribution in [0, 0.1) is 11.8 Å². The van der Waals surface area contributed by atoms with E-state index in [9.17, 15) is 62.3 Å². The molecular formula is C36H72F12N2O6Si4. The van der Waals surface area contributed by atoms with Gasteiger partial charge in [-0.25, -0.2) is 0 Å². The van der Waals surface area contributed by atoms with Crippen molar-refractivity contribution in [2.45, 2.75) is 154 Å². The van der Waals surface area contributed by atoms with Crippen LogP contribution in [0.3, 0.4) is 0 Å². The molecule has 2 amide bonds. The minimum atomic E-state index is -5.72. The first kappa shape index (κ1) is 65.2. The fourth-order valence-electron chi connectivity index (χ4n) is 5.29. The summed E-state index contributed by atoms with van der Waals surface area (Å²) in [4.78, 5) is 23.6. The van der Waals surface area contributed by atoms with Gasteiger partial charge in [-0.1, -0.05) is 74.7 Å². The van der Waals surface area contributed by atoms with Gasteiger partial charge in [0.15, 0.2) is 16.6 Å². The Morgan fingerprint density at radius 3 is 1.23 bits per heavy atom. The molecule has 0 aliphatic carbocycles. The second-order valence-electron chi connectivity index (χ2n) is 16.0. The molecular weight excluding hydrogens is 897 g/mol. The normalized spacial score (nSPS) is 16.6. The van der Waals surface area contributed by atoms with Gasteiger partial charge in [0.25, 0.3) is 0 Å². The van der Waals surface area contributed by atoms with E-state index in [1.807, 2.05) is 34.4 Å². The molecule has 0 aromatic carbocycles. The van der Waals surface area contributed by atoms with Crippen molar-refractivity contribution < 1.29 is 79.7 Å². The fourth-order valence-corrected chi connectivity index (χ4v) is 17.8. The minimum Gasteiger partial charge on any atom is -0.434 e. The van der Waals surface area contributed by atoms with Gasteiger partial charge in [-0.15, -0.1) is 13.2 Å². The third kappa shape index (κ3) is 22.8. The van der Waals surface area contributed by atoms with Gasteiger partial charge in [0.1, 0.15) is 0 Å². The lowest BCUT2D eigenvalue weighted by Crippen LogP contribution is -2.59. The Kier molecular flexibility index (Phi) is 29.3. The van der Waals surface area contributed by atoms with E-state index < -0.39 is 88.0 Å². The van der Waals surface area contributed by atoms with Gasteiger partial charge in [-0.3, -0.25) is 9.59 Å². The summed E-state index contributed by atoms with van der Waals surface area (Å²) in [6.07, 6.45) is -20.1. The first-order valence-corrected chi connectivity index (χ1v) is 30.0. The number of carbonyl (C=O) groups excluding carboxylic acids is 2. The molecule has 4 atom stereocenters. The van der Waals surface area contributed by atoms with Crippen LogP contribution in [-0.2, 0) is 27.0 Å². The summed E-state index contributed by atoms with van der Waals surface area (Å²) in [6.45, 7) is 29.6. The van der Waals surface area contributed by atoms with Gasteiger partial charge in [-0.2, -0.15) is 52.7 Å². The molecule has 0 rings (SSSR count). The number of alkyl halides is 12. The van der Waals surface area contributed by atoms with Crippen LogP contribution in [0.2, 0.25) is 54.9 Å². The van der Waals surface area contributed by atoms with Gasteiger partial charge in [0.05, 0.1) is 6.17 Å². The number of hydrogen-bond acceptors (Lipinski definition) is 6. The number of halogens is 12. The van der Waals surface area contributed by atoms with E-state index in [1.54, 1.807) is 32.3 Å². The molecule has 0 aromatic heterocycles. The van der Waals surface area contributed by atoms with Crippen LogP contribution in [0.25, 0.3) is 0 Å². The molecule has 0 bridgehead atoms. The predicted molar refractivity (Wildman–Crippen MR) is 222 cm³/mol. The van der Waals surface area contributed by atoms with Crippen LogP contribution in [-0.4, -0.2) is 116 Å². The SMILES string of the molecule is C=C.CCCC[Si](C)(OC)C(C)C.CCC[Si](C)(O[Si](C)(CN(C)C(=O)C(C(F)(F)F)C(F)(F)F)OC)C(C)C.CO[Si](C)(CNC(=O)C(C(F)(F)F)C(F)(F)F)C(C)C. The van der Waals surface area contributed by atoms with Crippen molar-refractivity contribution in [1.29, 1.82) is 0 Å². The van der Waals surface area contributed by atoms with Crippen LogP contribution < -0.4 is 5.32 Å². The van der Waals surface area contributed by atoms with Crippen LogP contribution >= 0.6 is 0 Å². The maximum Gasteiger partial charge on any atom is 0.409 e. The molecule has 0 saturated carbocycles. The Hall–Kier alpha value is -1.45. The summed E-state index contributed by atoms with van der Waals surface area (Å²) in [5.41, 5.74) is 0.834. The molecule has 0 radical (unpaired) electrons. The summed E-state index contributed by atoms with van der Waals surface area (Å²) >= 11 is 0. The smallest absolute Gasteiger partial charge is 0.409 e. The van der Waals surface area contributed by atoms with Crippen LogP contribution in [0.15, 0.2) is 13.2 Å². The molecule has 1 N–H and O–H groups in total. The number of nitrogens with zero attached hydrogens (tertiary/aromatic N) is 1. The zero-order chi connectivity index (χ0) is 49.1. The Bertz CT molecular complexity index is 1200. The number of hydrogen-bond donors (Lipinski definition) is 1. The van der Waals surface area contributed by atoms with Gasteiger partial charge in [-0.05, 0) is 54.9 Å². The van der Waals surface area contributed by atoms with Crippen molar-refractivity contribution in [3.8, 4) is 0 Å². The van der Waals surface area contributed by atoms with Crippen LogP contribution in [0.4, 0.5) is 52.7 Å². The number of rotatable bonds is 19. The highest BCUT2D eigenvalue weighted by molar-refractivity contribution is 6.84. The van der Waals surface area contributed by atoms with E-state index in [0.29, 0.717) is 4.90 Å². The third-order valence-corrected chi connectivity index (χ3v) is 29.0. The molecule has 0 spiro atoms. The van der Waals surface area contributed by atoms with E-state index in [4.69, 9.17) is 17.4 Å². The zero-order valence-corrected chi connectivity index (χ0v) is 42.2. The van der Waals surface area contributed by atoms with Gasteiger partial charge in [0, 0.05) is 34.5 Å². The molecule has 362 valence electrons. The maximum atomic E-state index is 12.8. The van der Waals surface area contributed by atoms with Crippen molar-refractivity contribution in [3.63, 3.8) is 0 Å². The Balaban J connectivity index is -0.000000416. The minimum absolute atomic E-state index is 0.0805. The third-order valence-electron chi connectivity index (χ3n) is 10.6. The van der Waals surface area contributed by atoms with Gasteiger partial charge < -0.3 is 27.6 Å². The molecule has 0 fully saturated rings. The molecule has 24 heteroatoms. The summed E-state index contributed by atoms with van der Waals surface area (Å²) in [5.74, 6) is -12.2. The Labute approximate surface area is 354 Å². The number of amides is 2. The average Bonchev–Trinajstić information content (AvgIpc) is 3.08. The topological polar surface area (TPSA) is 86.3 Å². The van der Waals surface area contributed by atoms with Crippen molar-refractivity contribution in [2.24, 2.45) is 11.8 Å². The molecule has 60 heavy (non-hydrogen) atoms. The number of carbonyl (C=O) groups is 2. The van der Waals surface area contributed by atoms with E-state index in [1.165, 1.54) is 33.1 Å². The predicted octanol–water partition coefficient (Wildman–Crippen LogP) is 12.1. The quantitative estimate of drug-likeness (QED) is 0.0788. The average molecular weight is 969 g/mol. The molecule has 0 aliphatic rings. The Morgan fingerprint density at radius 2 is 0.967 bits per heavy atom. The molecule has 0 aromatic rings. The summed E-state index contributed by atoms with van der Waals surface area (Å²) < 4.78 is 173. The largest absolute Gasteiger partial charge is 0.434 e. The molecule has 0 saturated heterocycles. The highest BCUT2D eigenvalue weighted by Gasteiger charge is 2.63. The number of nitrogens with one attached hydrogen (secondary N) is 1. The monoisotopic (exact) mass is 968 g/mol. The highest BCUT2D eigenvalue weighted by Crippen LogP contribution is 2.41. The van der Waals surface area contributed by atoms with Gasteiger partial charge in [0.2, 0.25) is 32.0 Å². The van der Waals surface area contributed by atoms with E-state index in [-0.39, 0.29) is 17.3 Å². The first-order chi connectivity index (χ1) is 26.8. The lowest BCUT2D eigenvalue weighted by molar-refractivity contribution is -0.278. The van der Waals surface area contributed by atoms with Gasteiger partial charge >= 0.3 is 33.3 Å². The van der Waals surface area contributed by atoms with E-state index in [2.05, 4.69) is 40.5 Å². The molecule has 0 heterocycles. The molecule has 4 unspecified atom stereocenters. The lowest BCUT2D eigenvalue weighted by Gasteiger charge is -2.41. The maximum absolute atomic E-state index is 12.8. The summed E-state index contributed by atoms with van der Waals surface area (Å²) in [7, 11) is -4.05. The molecule has 8 nitrogen and oxygen atoms in total. The lowest BCUT2D eigenvalue weighted by atomic mass is 10.1. The van der Waals surface area contributed by atoms with Crippen molar-refractivity contribution in [1.82, 2.24) is 10.2 Å².